The third-order valence-electron chi connectivity index (χ3n) is 1.68. The molecule has 0 spiro atoms. The van der Waals surface area contributed by atoms with Crippen molar-refractivity contribution in [1.29, 1.82) is 0 Å². The summed E-state index contributed by atoms with van der Waals surface area (Å²) < 4.78 is 0. The molecule has 0 aliphatic rings. The van der Waals surface area contributed by atoms with Gasteiger partial charge in [0.25, 0.3) is 0 Å². The molecule has 0 fully saturated rings. The Labute approximate surface area is 78.1 Å². The molecule has 13 heavy (non-hydrogen) atoms. The van der Waals surface area contributed by atoms with Gasteiger partial charge in [-0.3, -0.25) is 9.59 Å². The monoisotopic (exact) mass is 187 g/mol. The number of nitrogens with one attached hydrogen (secondary N) is 2. The van der Waals surface area contributed by atoms with E-state index < -0.39 is 0 Å². The number of likely N-dealkylation sites (N-methyl/N-ethyl adjacent to an activating group) is 1. The fraction of sp³-hybridized carbons (Fsp3) is 0.750. The highest BCUT2D eigenvalue weighted by molar-refractivity contribution is 5.81. The van der Waals surface area contributed by atoms with Gasteiger partial charge in [-0.2, -0.15) is 0 Å². The average molecular weight is 187 g/mol. The van der Waals surface area contributed by atoms with Crippen molar-refractivity contribution in [3.05, 3.63) is 0 Å². The predicted octanol–water partition coefficient (Wildman–Crippen LogP) is -1.03. The molecular formula is C8H17N3O2. The maximum Gasteiger partial charge on any atom is 0.236 e. The van der Waals surface area contributed by atoms with Crippen molar-refractivity contribution in [3.8, 4) is 0 Å². The fourth-order valence-corrected chi connectivity index (χ4v) is 1.08. The maximum atomic E-state index is 11.0. The number of primary amides is 1. The zero-order valence-electron chi connectivity index (χ0n) is 8.26. The van der Waals surface area contributed by atoms with Gasteiger partial charge < -0.3 is 16.4 Å². The Balaban J connectivity index is 3.83. The van der Waals surface area contributed by atoms with E-state index >= 15 is 0 Å². The van der Waals surface area contributed by atoms with Crippen LogP contribution in [-0.2, 0) is 9.59 Å². The number of carbonyl (C=O) groups excluding carboxylic acids is 2. The summed E-state index contributed by atoms with van der Waals surface area (Å²) in [6.07, 6.45) is 0.237. The second kappa shape index (κ2) is 5.53. The molecule has 0 heterocycles. The fourth-order valence-electron chi connectivity index (χ4n) is 1.08. The Hall–Kier alpha value is -1.10. The first-order chi connectivity index (χ1) is 5.97. The second-order valence-corrected chi connectivity index (χ2v) is 3.07. The molecule has 2 unspecified atom stereocenters. The van der Waals surface area contributed by atoms with Crippen LogP contribution in [0.2, 0.25) is 0 Å². The highest BCUT2D eigenvalue weighted by Crippen LogP contribution is 1.92. The molecule has 4 N–H and O–H groups in total. The molecule has 0 bridgehead atoms. The molecule has 0 saturated carbocycles. The van der Waals surface area contributed by atoms with Gasteiger partial charge in [-0.15, -0.1) is 0 Å². The minimum absolute atomic E-state index is 0.0789. The van der Waals surface area contributed by atoms with E-state index in [2.05, 4.69) is 10.6 Å². The standard InChI is InChI=1S/C8H17N3O2/c1-5(4-7(9)12)11-6(2)8(13)10-3/h5-6,11H,4H2,1-3H3,(H2,9,12)(H,10,13). The molecule has 0 saturated heterocycles. The second-order valence-electron chi connectivity index (χ2n) is 3.07. The van der Waals surface area contributed by atoms with Crippen LogP contribution >= 0.6 is 0 Å². The molecule has 5 heteroatoms. The molecule has 0 aromatic carbocycles. The maximum absolute atomic E-state index is 11.0. The molecule has 76 valence electrons. The summed E-state index contributed by atoms with van der Waals surface area (Å²) in [5.74, 6) is -0.472. The summed E-state index contributed by atoms with van der Waals surface area (Å²) in [6.45, 7) is 3.54. The van der Waals surface area contributed by atoms with Crippen molar-refractivity contribution < 1.29 is 9.59 Å². The molecule has 5 nitrogen and oxygen atoms in total. The van der Waals surface area contributed by atoms with Gasteiger partial charge in [-0.25, -0.2) is 0 Å². The average Bonchev–Trinajstić information content (AvgIpc) is 2.01. The molecule has 2 amide bonds. The van der Waals surface area contributed by atoms with E-state index in [1.165, 1.54) is 0 Å². The predicted molar refractivity (Wildman–Crippen MR) is 49.9 cm³/mol. The Morgan fingerprint density at radius 3 is 2.31 bits per heavy atom. The van der Waals surface area contributed by atoms with Crippen LogP contribution in [0.15, 0.2) is 0 Å². The summed E-state index contributed by atoms with van der Waals surface area (Å²) in [5.41, 5.74) is 5.00. The first-order valence-corrected chi connectivity index (χ1v) is 4.23. The Morgan fingerprint density at radius 2 is 1.92 bits per heavy atom. The van der Waals surface area contributed by atoms with Crippen LogP contribution in [-0.4, -0.2) is 30.9 Å². The zero-order chi connectivity index (χ0) is 10.4. The minimum Gasteiger partial charge on any atom is -0.370 e. The van der Waals surface area contributed by atoms with Gasteiger partial charge in [0.1, 0.15) is 0 Å². The van der Waals surface area contributed by atoms with Gasteiger partial charge in [-0.05, 0) is 13.8 Å². The van der Waals surface area contributed by atoms with Crippen molar-refractivity contribution >= 4 is 11.8 Å². The molecule has 0 aromatic rings. The SMILES string of the molecule is CNC(=O)C(C)NC(C)CC(N)=O. The van der Waals surface area contributed by atoms with Gasteiger partial charge in [0, 0.05) is 19.5 Å². The van der Waals surface area contributed by atoms with E-state index in [4.69, 9.17) is 5.73 Å². The third kappa shape index (κ3) is 5.19. The van der Waals surface area contributed by atoms with E-state index in [0.29, 0.717) is 0 Å². The molecule has 2 atom stereocenters. The Morgan fingerprint density at radius 1 is 1.38 bits per heavy atom. The lowest BCUT2D eigenvalue weighted by Gasteiger charge is -2.17. The topological polar surface area (TPSA) is 84.2 Å². The number of hydrogen-bond acceptors (Lipinski definition) is 3. The van der Waals surface area contributed by atoms with Crippen LogP contribution in [0.5, 0.6) is 0 Å². The van der Waals surface area contributed by atoms with Crippen LogP contribution in [0.25, 0.3) is 0 Å². The molecule has 0 aliphatic heterocycles. The van der Waals surface area contributed by atoms with Crippen LogP contribution in [0.1, 0.15) is 20.3 Å². The van der Waals surface area contributed by atoms with Crippen LogP contribution in [0.4, 0.5) is 0 Å². The van der Waals surface area contributed by atoms with Crippen molar-refractivity contribution in [2.24, 2.45) is 5.73 Å². The summed E-state index contributed by atoms with van der Waals surface area (Å²) in [6, 6.07) is -0.385. The largest absolute Gasteiger partial charge is 0.370 e. The van der Waals surface area contributed by atoms with Crippen LogP contribution in [0.3, 0.4) is 0 Å². The van der Waals surface area contributed by atoms with E-state index in [0.717, 1.165) is 0 Å². The van der Waals surface area contributed by atoms with Gasteiger partial charge in [0.15, 0.2) is 0 Å². The normalized spacial score (nSPS) is 14.7. The van der Waals surface area contributed by atoms with Crippen molar-refractivity contribution in [1.82, 2.24) is 10.6 Å². The van der Waals surface area contributed by atoms with Gasteiger partial charge in [0.2, 0.25) is 11.8 Å². The highest BCUT2D eigenvalue weighted by Gasteiger charge is 2.14. The quantitative estimate of drug-likeness (QED) is 0.515. The number of carbonyl (C=O) groups is 2. The van der Waals surface area contributed by atoms with E-state index in [1.807, 2.05) is 6.92 Å². The summed E-state index contributed by atoms with van der Waals surface area (Å²) in [5, 5.41) is 5.45. The first kappa shape index (κ1) is 11.9. The summed E-state index contributed by atoms with van der Waals surface area (Å²) in [4.78, 5) is 21.6. The Bertz CT molecular complexity index is 194. The van der Waals surface area contributed by atoms with E-state index in [9.17, 15) is 9.59 Å². The minimum atomic E-state index is -0.371. The summed E-state index contributed by atoms with van der Waals surface area (Å²) >= 11 is 0. The van der Waals surface area contributed by atoms with Gasteiger partial charge in [-0.1, -0.05) is 0 Å². The highest BCUT2D eigenvalue weighted by atomic mass is 16.2. The van der Waals surface area contributed by atoms with Crippen molar-refractivity contribution in [2.75, 3.05) is 7.05 Å². The molecule has 0 radical (unpaired) electrons. The number of nitrogens with two attached hydrogens (primary N) is 1. The van der Waals surface area contributed by atoms with Crippen molar-refractivity contribution in [3.63, 3.8) is 0 Å². The lowest BCUT2D eigenvalue weighted by atomic mass is 10.2. The van der Waals surface area contributed by atoms with Crippen molar-refractivity contribution in [2.45, 2.75) is 32.4 Å². The lowest BCUT2D eigenvalue weighted by Crippen LogP contribution is -2.45. The molecule has 0 aromatic heterocycles. The first-order valence-electron chi connectivity index (χ1n) is 4.23. The lowest BCUT2D eigenvalue weighted by molar-refractivity contribution is -0.123. The number of rotatable bonds is 5. The smallest absolute Gasteiger partial charge is 0.236 e. The Kier molecular flexibility index (Phi) is 5.06. The van der Waals surface area contributed by atoms with E-state index in [1.54, 1.807) is 14.0 Å². The van der Waals surface area contributed by atoms with Gasteiger partial charge in [0.05, 0.1) is 6.04 Å². The summed E-state index contributed by atoms with van der Waals surface area (Å²) in [7, 11) is 1.57. The van der Waals surface area contributed by atoms with E-state index in [-0.39, 0.29) is 30.3 Å². The molecular weight excluding hydrogens is 170 g/mol. The zero-order valence-corrected chi connectivity index (χ0v) is 8.26. The van der Waals surface area contributed by atoms with Gasteiger partial charge >= 0.3 is 0 Å². The van der Waals surface area contributed by atoms with Crippen LogP contribution < -0.4 is 16.4 Å². The van der Waals surface area contributed by atoms with Crippen LogP contribution in [0, 0.1) is 0 Å². The number of amides is 2. The molecule has 0 aliphatic carbocycles. The third-order valence-corrected chi connectivity index (χ3v) is 1.68. The number of hydrogen-bond donors (Lipinski definition) is 3. The molecule has 0 rings (SSSR count).